The SMILES string of the molecule is Cc1cc2c(cc1N1c3cc4c(cc3B3c5cc(-c6ccccc6)ccc5N(c5ccc(C(C)(C)C)cc5-c5ccccc5)c5cc(C(C)(C)C)cc1c53)C(C)(C)CCC4(C)C)C(C)(C)CC2(C)C. The third-order valence-electron chi connectivity index (χ3n) is 17.1. The lowest BCUT2D eigenvalue weighted by molar-refractivity contribution is 0.332. The van der Waals surface area contributed by atoms with Crippen LogP contribution >= 0.6 is 0 Å². The third kappa shape index (κ3) is 7.18. The minimum Gasteiger partial charge on any atom is -0.311 e. The normalized spacial score (nSPS) is 18.0. The molecule has 0 amide bonds. The van der Waals surface area contributed by atoms with Crippen molar-refractivity contribution in [3.63, 3.8) is 0 Å². The fourth-order valence-electron chi connectivity index (χ4n) is 13.2. The van der Waals surface area contributed by atoms with Crippen LogP contribution in [-0.4, -0.2) is 6.71 Å². The van der Waals surface area contributed by atoms with Crippen LogP contribution in [0.15, 0.2) is 133 Å². The molecule has 4 aliphatic rings. The van der Waals surface area contributed by atoms with E-state index in [1.807, 2.05) is 0 Å². The fourth-order valence-corrected chi connectivity index (χ4v) is 13.2. The number of anilines is 6. The van der Waals surface area contributed by atoms with Gasteiger partial charge in [-0.3, -0.25) is 0 Å². The van der Waals surface area contributed by atoms with Crippen LogP contribution in [0.1, 0.15) is 155 Å². The van der Waals surface area contributed by atoms with Gasteiger partial charge in [0, 0.05) is 34.0 Å². The first-order chi connectivity index (χ1) is 32.4. The summed E-state index contributed by atoms with van der Waals surface area (Å²) in [5.74, 6) is 0. The Labute approximate surface area is 415 Å². The van der Waals surface area contributed by atoms with Gasteiger partial charge in [0.1, 0.15) is 0 Å². The van der Waals surface area contributed by atoms with Crippen molar-refractivity contribution in [2.24, 2.45) is 0 Å². The summed E-state index contributed by atoms with van der Waals surface area (Å²) in [5, 5.41) is 0. The minimum absolute atomic E-state index is 0.00421. The van der Waals surface area contributed by atoms with Crippen LogP contribution in [0.3, 0.4) is 0 Å². The predicted molar refractivity (Wildman–Crippen MR) is 299 cm³/mol. The van der Waals surface area contributed by atoms with Gasteiger partial charge in [-0.2, -0.15) is 0 Å². The lowest BCUT2D eigenvalue weighted by Gasteiger charge is -2.48. The summed E-state index contributed by atoms with van der Waals surface area (Å²) in [5.41, 5.74) is 26.9. The first-order valence-electron chi connectivity index (χ1n) is 25.9. The molecule has 0 spiro atoms. The Kier molecular flexibility index (Phi) is 9.99. The Balaban J connectivity index is 1.31. The molecule has 11 rings (SSSR count). The lowest BCUT2D eigenvalue weighted by atomic mass is 9.33. The van der Waals surface area contributed by atoms with E-state index < -0.39 is 0 Å². The van der Waals surface area contributed by atoms with E-state index in [0.717, 1.165) is 6.42 Å². The van der Waals surface area contributed by atoms with Gasteiger partial charge in [0.05, 0.1) is 5.69 Å². The zero-order valence-corrected chi connectivity index (χ0v) is 44.3. The summed E-state index contributed by atoms with van der Waals surface area (Å²) >= 11 is 0. The molecule has 2 nitrogen and oxygen atoms in total. The van der Waals surface area contributed by atoms with Crippen molar-refractivity contribution in [3.8, 4) is 22.3 Å². The Morgan fingerprint density at radius 3 is 1.49 bits per heavy atom. The summed E-state index contributed by atoms with van der Waals surface area (Å²) in [7, 11) is 0. The molecule has 0 saturated carbocycles. The summed E-state index contributed by atoms with van der Waals surface area (Å²) in [6, 6.07) is 52.5. The van der Waals surface area contributed by atoms with E-state index in [0.29, 0.717) is 0 Å². The Hall–Kier alpha value is -5.80. The summed E-state index contributed by atoms with van der Waals surface area (Å²) in [6.07, 6.45) is 3.47. The minimum atomic E-state index is -0.130. The molecule has 0 radical (unpaired) electrons. The van der Waals surface area contributed by atoms with Crippen molar-refractivity contribution in [1.82, 2.24) is 0 Å². The van der Waals surface area contributed by atoms with Gasteiger partial charge in [-0.1, -0.05) is 188 Å². The standard InChI is InChI=1S/C66H73BN2/c1-41-32-48-51(66(14,15)40-65(48,12)13)38-56(41)69-57-39-50-49(63(8,9)30-31-64(50,10)11)37-53(57)67-52-33-44(42-22-18-16-19-23-42)26-28-55(52)68(58-35-46(62(5,6)7)36-59(69)60(58)67)54-29-27-45(61(2,3)4)34-47(54)43-24-20-17-21-25-43/h16-29,32-39H,30-31,40H2,1-15H3. The van der Waals surface area contributed by atoms with E-state index in [4.69, 9.17) is 0 Å². The highest BCUT2D eigenvalue weighted by Gasteiger charge is 2.49. The fraction of sp³-hybridized carbons (Fsp3) is 0.364. The van der Waals surface area contributed by atoms with Gasteiger partial charge in [-0.05, 0) is 173 Å². The molecule has 7 aromatic rings. The molecule has 0 bridgehead atoms. The highest BCUT2D eigenvalue weighted by atomic mass is 15.2. The third-order valence-corrected chi connectivity index (χ3v) is 17.1. The Morgan fingerprint density at radius 1 is 0.406 bits per heavy atom. The molecular formula is C66H73BN2. The van der Waals surface area contributed by atoms with Crippen LogP contribution in [0, 0.1) is 6.92 Å². The Bertz CT molecular complexity index is 3230. The highest BCUT2D eigenvalue weighted by Crippen LogP contribution is 2.55. The van der Waals surface area contributed by atoms with Crippen molar-refractivity contribution in [3.05, 3.63) is 172 Å². The van der Waals surface area contributed by atoms with Crippen LogP contribution < -0.4 is 26.2 Å². The van der Waals surface area contributed by atoms with Crippen LogP contribution in [-0.2, 0) is 32.5 Å². The molecule has 2 aliphatic carbocycles. The number of hydrogen-bond donors (Lipinski definition) is 0. The average molecular weight is 905 g/mol. The van der Waals surface area contributed by atoms with Crippen molar-refractivity contribution < 1.29 is 0 Å². The first kappa shape index (κ1) is 45.6. The lowest BCUT2D eigenvalue weighted by Crippen LogP contribution is -2.62. The van der Waals surface area contributed by atoms with Gasteiger partial charge < -0.3 is 9.80 Å². The summed E-state index contributed by atoms with van der Waals surface area (Å²) < 4.78 is 0. The van der Waals surface area contributed by atoms with Gasteiger partial charge in [0.15, 0.2) is 0 Å². The van der Waals surface area contributed by atoms with Gasteiger partial charge >= 0.3 is 0 Å². The van der Waals surface area contributed by atoms with E-state index in [1.54, 1.807) is 0 Å². The van der Waals surface area contributed by atoms with E-state index in [1.165, 1.54) is 125 Å². The number of hydrogen-bond acceptors (Lipinski definition) is 2. The van der Waals surface area contributed by atoms with Crippen molar-refractivity contribution >= 4 is 57.2 Å². The van der Waals surface area contributed by atoms with Gasteiger partial charge in [0.25, 0.3) is 6.71 Å². The quantitative estimate of drug-likeness (QED) is 0.162. The van der Waals surface area contributed by atoms with Crippen LogP contribution in [0.25, 0.3) is 22.3 Å². The topological polar surface area (TPSA) is 6.48 Å². The molecule has 0 N–H and O–H groups in total. The molecule has 0 aromatic heterocycles. The second kappa shape index (κ2) is 15.1. The van der Waals surface area contributed by atoms with E-state index in [-0.39, 0.29) is 39.2 Å². The van der Waals surface area contributed by atoms with E-state index >= 15 is 0 Å². The van der Waals surface area contributed by atoms with Crippen molar-refractivity contribution in [2.45, 2.75) is 156 Å². The van der Waals surface area contributed by atoms with Crippen molar-refractivity contribution in [2.75, 3.05) is 9.80 Å². The van der Waals surface area contributed by atoms with Gasteiger partial charge in [-0.15, -0.1) is 0 Å². The number of benzene rings is 7. The zero-order chi connectivity index (χ0) is 49.0. The zero-order valence-electron chi connectivity index (χ0n) is 44.3. The van der Waals surface area contributed by atoms with Gasteiger partial charge in [0.2, 0.25) is 0 Å². The maximum Gasteiger partial charge on any atom is 0.252 e. The monoisotopic (exact) mass is 905 g/mol. The predicted octanol–water partition coefficient (Wildman–Crippen LogP) is 16.3. The summed E-state index contributed by atoms with van der Waals surface area (Å²) in [6.45, 7) is 36.4. The number of nitrogens with zero attached hydrogens (tertiary/aromatic N) is 2. The first-order valence-corrected chi connectivity index (χ1v) is 25.9. The van der Waals surface area contributed by atoms with Gasteiger partial charge in [-0.25, -0.2) is 0 Å². The number of fused-ring (bicyclic) bond motifs is 6. The maximum atomic E-state index is 2.75. The molecule has 0 saturated heterocycles. The molecule has 2 heterocycles. The van der Waals surface area contributed by atoms with E-state index in [9.17, 15) is 0 Å². The van der Waals surface area contributed by atoms with Crippen molar-refractivity contribution in [1.29, 1.82) is 0 Å². The maximum absolute atomic E-state index is 2.75. The highest BCUT2D eigenvalue weighted by molar-refractivity contribution is 7.00. The molecule has 0 atom stereocenters. The molecule has 7 aromatic carbocycles. The largest absolute Gasteiger partial charge is 0.311 e. The molecule has 0 fully saturated rings. The molecule has 350 valence electrons. The molecule has 2 aliphatic heterocycles. The van der Waals surface area contributed by atoms with E-state index in [2.05, 4.69) is 247 Å². The number of rotatable bonds is 4. The van der Waals surface area contributed by atoms with Crippen LogP contribution in [0.2, 0.25) is 0 Å². The smallest absolute Gasteiger partial charge is 0.252 e. The second-order valence-corrected chi connectivity index (χ2v) is 26.1. The molecule has 69 heavy (non-hydrogen) atoms. The van der Waals surface area contributed by atoms with Crippen LogP contribution in [0.5, 0.6) is 0 Å². The molecule has 0 unspecified atom stereocenters. The Morgan fingerprint density at radius 2 is 0.899 bits per heavy atom. The van der Waals surface area contributed by atoms with Crippen LogP contribution in [0.4, 0.5) is 34.1 Å². The molecular weight excluding hydrogens is 832 g/mol. The number of aryl methyl sites for hydroxylation is 1. The second-order valence-electron chi connectivity index (χ2n) is 26.1. The molecule has 3 heteroatoms. The average Bonchev–Trinajstić information content (AvgIpc) is 3.47. The summed E-state index contributed by atoms with van der Waals surface area (Å²) in [4.78, 5) is 5.42.